The maximum absolute atomic E-state index is 12.7. The predicted molar refractivity (Wildman–Crippen MR) is 107 cm³/mol. The Morgan fingerprint density at radius 1 is 1.11 bits per heavy atom. The number of aromatic nitrogens is 6. The zero-order valence-electron chi connectivity index (χ0n) is 15.9. The van der Waals surface area contributed by atoms with Gasteiger partial charge in [-0.2, -0.15) is 4.52 Å². The summed E-state index contributed by atoms with van der Waals surface area (Å²) in [5, 5.41) is 13.4. The zero-order valence-corrected chi connectivity index (χ0v) is 15.9. The molecule has 9 nitrogen and oxygen atoms in total. The van der Waals surface area contributed by atoms with E-state index >= 15 is 0 Å². The summed E-state index contributed by atoms with van der Waals surface area (Å²) in [6.07, 6.45) is 0. The molecular formula is C19H20N8O. The van der Waals surface area contributed by atoms with Crippen LogP contribution >= 0.6 is 0 Å². The lowest BCUT2D eigenvalue weighted by molar-refractivity contribution is 0.479. The van der Waals surface area contributed by atoms with Crippen molar-refractivity contribution in [2.75, 3.05) is 29.9 Å². The van der Waals surface area contributed by atoms with Crippen molar-refractivity contribution in [3.63, 3.8) is 0 Å². The first-order chi connectivity index (χ1) is 13.5. The van der Waals surface area contributed by atoms with Crippen LogP contribution < -0.4 is 15.4 Å². The normalized spacial score (nSPS) is 14.6. The van der Waals surface area contributed by atoms with Gasteiger partial charge < -0.3 is 9.80 Å². The number of nitrogens with zero attached hydrogens (tertiary/aromatic N) is 8. The van der Waals surface area contributed by atoms with Crippen LogP contribution in [0.25, 0.3) is 16.6 Å². The summed E-state index contributed by atoms with van der Waals surface area (Å²) < 4.78 is 3.37. The van der Waals surface area contributed by atoms with E-state index in [0.717, 1.165) is 35.9 Å². The topological polar surface area (TPSA) is 84.5 Å². The predicted octanol–water partition coefficient (Wildman–Crippen LogP) is 1.00. The summed E-state index contributed by atoms with van der Waals surface area (Å²) >= 11 is 0. The van der Waals surface area contributed by atoms with Crippen molar-refractivity contribution in [1.82, 2.24) is 29.4 Å². The first-order valence-corrected chi connectivity index (χ1v) is 9.15. The Balaban J connectivity index is 1.40. The van der Waals surface area contributed by atoms with Gasteiger partial charge in [0.15, 0.2) is 11.5 Å². The molecule has 1 saturated heterocycles. The Morgan fingerprint density at radius 2 is 1.89 bits per heavy atom. The van der Waals surface area contributed by atoms with Crippen molar-refractivity contribution in [3.8, 4) is 0 Å². The first-order valence-electron chi connectivity index (χ1n) is 9.15. The second-order valence-corrected chi connectivity index (χ2v) is 7.17. The second-order valence-electron chi connectivity index (χ2n) is 7.17. The molecule has 28 heavy (non-hydrogen) atoms. The summed E-state index contributed by atoms with van der Waals surface area (Å²) in [5.74, 6) is 2.33. The van der Waals surface area contributed by atoms with Crippen LogP contribution in [-0.2, 0) is 7.05 Å². The van der Waals surface area contributed by atoms with Crippen molar-refractivity contribution in [3.05, 3.63) is 52.6 Å². The molecule has 3 aromatic heterocycles. The molecule has 1 aliphatic rings. The van der Waals surface area contributed by atoms with E-state index in [0.29, 0.717) is 11.3 Å². The molecule has 0 radical (unpaired) electrons. The summed E-state index contributed by atoms with van der Waals surface area (Å²) in [6.45, 7) is 3.49. The van der Waals surface area contributed by atoms with Crippen molar-refractivity contribution in [2.45, 2.75) is 13.0 Å². The quantitative estimate of drug-likeness (QED) is 0.527. The standard InChI is InChI=1S/C19H20N8O/c1-12-21-22-16-8-9-17(23-27(12)16)26-10-13(11-26)24(2)19-20-15-7-5-4-6-14(15)18(28)25(19)3/h4-9,13H,10-11H2,1-3H3. The van der Waals surface area contributed by atoms with Gasteiger partial charge in [0.25, 0.3) is 5.56 Å². The highest BCUT2D eigenvalue weighted by atomic mass is 16.1. The van der Waals surface area contributed by atoms with Crippen LogP contribution in [0.1, 0.15) is 5.82 Å². The molecule has 0 saturated carbocycles. The smallest absolute Gasteiger partial charge is 0.262 e. The van der Waals surface area contributed by atoms with Gasteiger partial charge in [0, 0.05) is 27.2 Å². The van der Waals surface area contributed by atoms with Gasteiger partial charge in [0.05, 0.1) is 16.9 Å². The third-order valence-corrected chi connectivity index (χ3v) is 5.41. The molecule has 0 amide bonds. The Kier molecular flexibility index (Phi) is 3.58. The van der Waals surface area contributed by atoms with Gasteiger partial charge in [-0.3, -0.25) is 9.36 Å². The highest BCUT2D eigenvalue weighted by molar-refractivity contribution is 5.78. The van der Waals surface area contributed by atoms with Crippen molar-refractivity contribution in [1.29, 1.82) is 0 Å². The third-order valence-electron chi connectivity index (χ3n) is 5.41. The third kappa shape index (κ3) is 2.43. The summed E-state index contributed by atoms with van der Waals surface area (Å²) in [4.78, 5) is 21.6. The number of fused-ring (bicyclic) bond motifs is 2. The molecule has 0 atom stereocenters. The molecular weight excluding hydrogens is 356 g/mol. The van der Waals surface area contributed by atoms with Gasteiger partial charge in [-0.25, -0.2) is 4.98 Å². The van der Waals surface area contributed by atoms with Crippen LogP contribution in [-0.4, -0.2) is 55.5 Å². The molecule has 0 N–H and O–H groups in total. The van der Waals surface area contributed by atoms with Crippen molar-refractivity contribution >= 4 is 28.3 Å². The van der Waals surface area contributed by atoms with Gasteiger partial charge in [-0.1, -0.05) is 12.1 Å². The number of anilines is 2. The maximum Gasteiger partial charge on any atom is 0.262 e. The SMILES string of the molecule is Cc1nnc2ccc(N3CC(N(C)c4nc5ccccc5c(=O)n4C)C3)nn12. The maximum atomic E-state index is 12.7. The first kappa shape index (κ1) is 16.7. The molecule has 5 rings (SSSR count). The fraction of sp³-hybridized carbons (Fsp3) is 0.316. The van der Waals surface area contributed by atoms with Crippen LogP contribution in [0, 0.1) is 6.92 Å². The fourth-order valence-corrected chi connectivity index (χ4v) is 3.63. The Morgan fingerprint density at radius 3 is 2.71 bits per heavy atom. The molecule has 9 heteroatoms. The average Bonchev–Trinajstić information content (AvgIpc) is 3.04. The largest absolute Gasteiger partial charge is 0.351 e. The monoisotopic (exact) mass is 376 g/mol. The van der Waals surface area contributed by atoms with Crippen LogP contribution in [0.4, 0.5) is 11.8 Å². The lowest BCUT2D eigenvalue weighted by atomic mass is 10.1. The zero-order chi connectivity index (χ0) is 19.4. The summed E-state index contributed by atoms with van der Waals surface area (Å²) in [6, 6.07) is 11.6. The molecule has 0 aliphatic carbocycles. The minimum Gasteiger partial charge on any atom is -0.351 e. The molecule has 142 valence electrons. The number of rotatable bonds is 3. The van der Waals surface area contributed by atoms with Crippen molar-refractivity contribution in [2.24, 2.45) is 7.05 Å². The van der Waals surface area contributed by atoms with Crippen LogP contribution in [0.5, 0.6) is 0 Å². The highest BCUT2D eigenvalue weighted by Crippen LogP contribution is 2.24. The Hall–Kier alpha value is -3.49. The molecule has 1 aromatic carbocycles. The second kappa shape index (κ2) is 6.01. The van der Waals surface area contributed by atoms with E-state index in [4.69, 9.17) is 4.98 Å². The number of hydrogen-bond acceptors (Lipinski definition) is 7. The number of benzene rings is 1. The van der Waals surface area contributed by atoms with E-state index < -0.39 is 0 Å². The Labute approximate surface area is 160 Å². The molecule has 0 bridgehead atoms. The Bertz CT molecular complexity index is 1250. The van der Waals surface area contributed by atoms with Gasteiger partial charge in [-0.15, -0.1) is 15.3 Å². The van der Waals surface area contributed by atoms with Crippen LogP contribution in [0.15, 0.2) is 41.2 Å². The van der Waals surface area contributed by atoms with Crippen LogP contribution in [0.3, 0.4) is 0 Å². The number of likely N-dealkylation sites (N-methyl/N-ethyl adjacent to an activating group) is 1. The molecule has 4 heterocycles. The van der Waals surface area contributed by atoms with Gasteiger partial charge >= 0.3 is 0 Å². The van der Waals surface area contributed by atoms with Gasteiger partial charge in [0.2, 0.25) is 5.95 Å². The van der Waals surface area contributed by atoms with Crippen LogP contribution in [0.2, 0.25) is 0 Å². The lowest BCUT2D eigenvalue weighted by Crippen LogP contribution is -2.60. The lowest BCUT2D eigenvalue weighted by Gasteiger charge is -2.45. The minimum atomic E-state index is -0.0289. The van der Waals surface area contributed by atoms with E-state index in [-0.39, 0.29) is 11.6 Å². The number of para-hydroxylation sites is 1. The molecule has 1 aliphatic heterocycles. The summed E-state index contributed by atoms with van der Waals surface area (Å²) in [7, 11) is 3.76. The molecule has 0 unspecified atom stereocenters. The molecule has 4 aromatic rings. The van der Waals surface area contributed by atoms with E-state index in [1.807, 2.05) is 50.4 Å². The number of hydrogen-bond donors (Lipinski definition) is 0. The minimum absolute atomic E-state index is 0.0289. The van der Waals surface area contributed by atoms with Gasteiger partial charge in [-0.05, 0) is 31.2 Å². The highest BCUT2D eigenvalue weighted by Gasteiger charge is 2.33. The number of aryl methyl sites for hydroxylation is 1. The van der Waals surface area contributed by atoms with Gasteiger partial charge in [0.1, 0.15) is 5.82 Å². The van der Waals surface area contributed by atoms with Crippen molar-refractivity contribution < 1.29 is 0 Å². The van der Waals surface area contributed by atoms with E-state index in [1.54, 1.807) is 16.1 Å². The molecule has 0 spiro atoms. The average molecular weight is 376 g/mol. The van der Waals surface area contributed by atoms with E-state index in [2.05, 4.69) is 25.1 Å². The summed E-state index contributed by atoms with van der Waals surface area (Å²) in [5.41, 5.74) is 1.43. The van der Waals surface area contributed by atoms with E-state index in [1.165, 1.54) is 0 Å². The van der Waals surface area contributed by atoms with E-state index in [9.17, 15) is 4.79 Å². The molecule has 1 fully saturated rings. The fourth-order valence-electron chi connectivity index (χ4n) is 3.63.